The molecule has 3 rings (SSSR count). The zero-order valence-electron chi connectivity index (χ0n) is 13.2. The van der Waals surface area contributed by atoms with E-state index in [0.29, 0.717) is 18.3 Å². The van der Waals surface area contributed by atoms with Crippen molar-refractivity contribution in [2.75, 3.05) is 35.2 Å². The molecule has 2 N–H and O–H groups in total. The second-order valence-electron chi connectivity index (χ2n) is 5.55. The number of nitrogens with zero attached hydrogens (tertiary/aromatic N) is 4. The molecule has 1 aliphatic rings. The number of hydrogen-bond donors (Lipinski definition) is 2. The molecule has 1 aromatic carbocycles. The number of rotatable bonds is 6. The average Bonchev–Trinajstić information content (AvgIpc) is 2.62. The molecule has 120 valence electrons. The van der Waals surface area contributed by atoms with Gasteiger partial charge in [0, 0.05) is 31.0 Å². The molecule has 0 radical (unpaired) electrons. The van der Waals surface area contributed by atoms with Gasteiger partial charge in [-0.2, -0.15) is 10.1 Å². The van der Waals surface area contributed by atoms with Crippen LogP contribution in [0.15, 0.2) is 43.1 Å². The van der Waals surface area contributed by atoms with Crippen LogP contribution in [0.3, 0.4) is 0 Å². The summed E-state index contributed by atoms with van der Waals surface area (Å²) in [6, 6.07) is 8.38. The van der Waals surface area contributed by atoms with E-state index in [4.69, 9.17) is 0 Å². The Labute approximate surface area is 136 Å². The quantitative estimate of drug-likeness (QED) is 0.799. The maximum Gasteiger partial charge on any atom is 0.249 e. The first kappa shape index (κ1) is 15.3. The van der Waals surface area contributed by atoms with E-state index in [0.717, 1.165) is 18.8 Å². The second kappa shape index (κ2) is 7.58. The molecule has 2 aromatic rings. The first-order valence-corrected chi connectivity index (χ1v) is 8.02. The van der Waals surface area contributed by atoms with Crippen molar-refractivity contribution < 1.29 is 0 Å². The maximum absolute atomic E-state index is 4.36. The summed E-state index contributed by atoms with van der Waals surface area (Å²) in [6.45, 7) is 6.61. The van der Waals surface area contributed by atoms with Gasteiger partial charge in [-0.15, -0.1) is 11.7 Å². The van der Waals surface area contributed by atoms with Gasteiger partial charge in [0.2, 0.25) is 5.95 Å². The molecule has 1 aliphatic heterocycles. The van der Waals surface area contributed by atoms with Crippen molar-refractivity contribution in [3.63, 3.8) is 0 Å². The van der Waals surface area contributed by atoms with Crippen LogP contribution in [0.25, 0.3) is 0 Å². The van der Waals surface area contributed by atoms with E-state index in [2.05, 4.69) is 61.6 Å². The molecule has 0 bridgehead atoms. The van der Waals surface area contributed by atoms with Crippen LogP contribution >= 0.6 is 0 Å². The molecule has 1 saturated heterocycles. The van der Waals surface area contributed by atoms with E-state index >= 15 is 0 Å². The predicted molar refractivity (Wildman–Crippen MR) is 94.3 cm³/mol. The van der Waals surface area contributed by atoms with E-state index in [9.17, 15) is 0 Å². The monoisotopic (exact) mass is 310 g/mol. The highest BCUT2D eigenvalue weighted by atomic mass is 15.3. The zero-order chi connectivity index (χ0) is 15.9. The van der Waals surface area contributed by atoms with Crippen molar-refractivity contribution in [2.24, 2.45) is 0 Å². The minimum atomic E-state index is 0.477. The van der Waals surface area contributed by atoms with Crippen LogP contribution in [-0.4, -0.2) is 34.8 Å². The van der Waals surface area contributed by atoms with Gasteiger partial charge >= 0.3 is 0 Å². The van der Waals surface area contributed by atoms with Gasteiger partial charge in [0.25, 0.3) is 0 Å². The van der Waals surface area contributed by atoms with Crippen molar-refractivity contribution in [2.45, 2.75) is 19.3 Å². The van der Waals surface area contributed by atoms with E-state index in [1.54, 1.807) is 12.3 Å². The standard InChI is InChI=1S/C17H22N6/c1-2-10-18-16-13-19-22-17(21-16)20-14-6-8-15(9-7-14)23-11-4-3-5-12-23/h2,6-9,13H,1,3-5,10-12H2,(H2,18,20,21,22). The van der Waals surface area contributed by atoms with Gasteiger partial charge < -0.3 is 15.5 Å². The molecule has 1 aromatic heterocycles. The van der Waals surface area contributed by atoms with Crippen LogP contribution < -0.4 is 15.5 Å². The third kappa shape index (κ3) is 4.18. The lowest BCUT2D eigenvalue weighted by Crippen LogP contribution is -2.29. The van der Waals surface area contributed by atoms with Crippen molar-refractivity contribution in [1.82, 2.24) is 15.2 Å². The highest BCUT2D eigenvalue weighted by molar-refractivity contribution is 5.59. The van der Waals surface area contributed by atoms with Crippen LogP contribution in [0.4, 0.5) is 23.1 Å². The normalized spacial score (nSPS) is 14.3. The smallest absolute Gasteiger partial charge is 0.249 e. The third-order valence-corrected chi connectivity index (χ3v) is 3.83. The summed E-state index contributed by atoms with van der Waals surface area (Å²) in [5, 5.41) is 14.2. The number of benzene rings is 1. The van der Waals surface area contributed by atoms with Crippen molar-refractivity contribution in [1.29, 1.82) is 0 Å². The Morgan fingerprint density at radius 3 is 2.65 bits per heavy atom. The Bertz CT molecular complexity index is 634. The highest BCUT2D eigenvalue weighted by Crippen LogP contribution is 2.22. The summed E-state index contributed by atoms with van der Waals surface area (Å²) in [5.74, 6) is 1.15. The molecule has 0 amide bonds. The molecule has 6 nitrogen and oxygen atoms in total. The van der Waals surface area contributed by atoms with Crippen molar-refractivity contribution in [3.05, 3.63) is 43.1 Å². The Morgan fingerprint density at radius 1 is 1.13 bits per heavy atom. The van der Waals surface area contributed by atoms with Crippen LogP contribution in [-0.2, 0) is 0 Å². The number of piperidine rings is 1. The molecule has 0 saturated carbocycles. The molecule has 0 atom stereocenters. The SMILES string of the molecule is C=CCNc1cnnc(Nc2ccc(N3CCCCC3)cc2)n1. The van der Waals surface area contributed by atoms with Crippen molar-refractivity contribution in [3.8, 4) is 0 Å². The molecule has 23 heavy (non-hydrogen) atoms. The fraction of sp³-hybridized carbons (Fsp3) is 0.353. The second-order valence-corrected chi connectivity index (χ2v) is 5.55. The molecule has 1 fully saturated rings. The fourth-order valence-electron chi connectivity index (χ4n) is 2.66. The van der Waals surface area contributed by atoms with Gasteiger partial charge in [-0.1, -0.05) is 6.08 Å². The van der Waals surface area contributed by atoms with E-state index < -0.39 is 0 Å². The Hall–Kier alpha value is -2.63. The first-order valence-electron chi connectivity index (χ1n) is 8.02. The summed E-state index contributed by atoms with van der Waals surface area (Å²) in [5.41, 5.74) is 2.23. The summed E-state index contributed by atoms with van der Waals surface area (Å²) < 4.78 is 0. The van der Waals surface area contributed by atoms with E-state index in [1.807, 2.05) is 0 Å². The molecule has 6 heteroatoms. The zero-order valence-corrected chi connectivity index (χ0v) is 13.2. The molecule has 2 heterocycles. The predicted octanol–water partition coefficient (Wildman–Crippen LogP) is 3.20. The number of hydrogen-bond acceptors (Lipinski definition) is 6. The average molecular weight is 310 g/mol. The van der Waals surface area contributed by atoms with Crippen LogP contribution in [0, 0.1) is 0 Å². The molecule has 0 unspecified atom stereocenters. The Balaban J connectivity index is 1.64. The Kier molecular flexibility index (Phi) is 5.03. The van der Waals surface area contributed by atoms with Gasteiger partial charge in [-0.3, -0.25) is 0 Å². The molecule has 0 spiro atoms. The largest absolute Gasteiger partial charge is 0.372 e. The minimum Gasteiger partial charge on any atom is -0.372 e. The lowest BCUT2D eigenvalue weighted by molar-refractivity contribution is 0.578. The topological polar surface area (TPSA) is 66.0 Å². The third-order valence-electron chi connectivity index (χ3n) is 3.83. The summed E-state index contributed by atoms with van der Waals surface area (Å²) >= 11 is 0. The summed E-state index contributed by atoms with van der Waals surface area (Å²) in [7, 11) is 0. The van der Waals surface area contributed by atoms with Gasteiger partial charge in [-0.25, -0.2) is 0 Å². The molecular formula is C17H22N6. The van der Waals surface area contributed by atoms with Crippen LogP contribution in [0.2, 0.25) is 0 Å². The molecule has 0 aliphatic carbocycles. The van der Waals surface area contributed by atoms with Gasteiger partial charge in [-0.05, 0) is 43.5 Å². The maximum atomic E-state index is 4.36. The minimum absolute atomic E-state index is 0.477. The Morgan fingerprint density at radius 2 is 1.91 bits per heavy atom. The number of anilines is 4. The van der Waals surface area contributed by atoms with Gasteiger partial charge in [0.15, 0.2) is 5.82 Å². The fourth-order valence-corrected chi connectivity index (χ4v) is 2.66. The van der Waals surface area contributed by atoms with Crippen molar-refractivity contribution >= 4 is 23.1 Å². The number of aromatic nitrogens is 3. The lowest BCUT2D eigenvalue weighted by Gasteiger charge is -2.28. The van der Waals surface area contributed by atoms with Crippen LogP contribution in [0.5, 0.6) is 0 Å². The van der Waals surface area contributed by atoms with E-state index in [1.165, 1.54) is 24.9 Å². The highest BCUT2D eigenvalue weighted by Gasteiger charge is 2.10. The summed E-state index contributed by atoms with van der Waals surface area (Å²) in [6.07, 6.45) is 7.27. The molecular weight excluding hydrogens is 288 g/mol. The number of nitrogens with one attached hydrogen (secondary N) is 2. The lowest BCUT2D eigenvalue weighted by atomic mass is 10.1. The first-order chi connectivity index (χ1) is 11.3. The van der Waals surface area contributed by atoms with Crippen LogP contribution in [0.1, 0.15) is 19.3 Å². The summed E-state index contributed by atoms with van der Waals surface area (Å²) in [4.78, 5) is 6.80. The van der Waals surface area contributed by atoms with Gasteiger partial charge in [0.1, 0.15) is 0 Å². The van der Waals surface area contributed by atoms with Gasteiger partial charge in [0.05, 0.1) is 6.20 Å². The van der Waals surface area contributed by atoms with E-state index in [-0.39, 0.29) is 0 Å².